The van der Waals surface area contributed by atoms with Crippen LogP contribution in [-0.2, 0) is 6.54 Å². The fraction of sp³-hybridized carbons (Fsp3) is 0.455. The Morgan fingerprint density at radius 2 is 1.88 bits per heavy atom. The fourth-order valence-corrected chi connectivity index (χ4v) is 1.33. The molecule has 90 valence electrons. The molecule has 2 N–H and O–H groups in total. The summed E-state index contributed by atoms with van der Waals surface area (Å²) < 4.78 is 40.0. The number of rotatable bonds is 3. The maximum atomic E-state index is 12.1. The highest BCUT2D eigenvalue weighted by Crippen LogP contribution is 2.27. The SMILES string of the molecule is CC(C)c1cc(CN)cc(OC(F)(F)F)c1. The summed E-state index contributed by atoms with van der Waals surface area (Å²) in [6.45, 7) is 3.98. The Bertz CT molecular complexity index is 361. The molecule has 0 bridgehead atoms. The molecule has 1 aromatic rings. The van der Waals surface area contributed by atoms with Crippen molar-refractivity contribution in [2.45, 2.75) is 32.7 Å². The van der Waals surface area contributed by atoms with Gasteiger partial charge in [-0.2, -0.15) is 0 Å². The van der Waals surface area contributed by atoms with Crippen molar-refractivity contribution in [2.75, 3.05) is 0 Å². The number of hydrogen-bond donors (Lipinski definition) is 1. The zero-order valence-electron chi connectivity index (χ0n) is 9.14. The summed E-state index contributed by atoms with van der Waals surface area (Å²) in [7, 11) is 0. The van der Waals surface area contributed by atoms with Crippen LogP contribution >= 0.6 is 0 Å². The van der Waals surface area contributed by atoms with Crippen LogP contribution in [0.25, 0.3) is 0 Å². The van der Waals surface area contributed by atoms with E-state index in [0.717, 1.165) is 5.56 Å². The van der Waals surface area contributed by atoms with Crippen molar-refractivity contribution in [2.24, 2.45) is 5.73 Å². The Labute approximate surface area is 92.2 Å². The van der Waals surface area contributed by atoms with E-state index in [1.165, 1.54) is 12.1 Å². The monoisotopic (exact) mass is 233 g/mol. The lowest BCUT2D eigenvalue weighted by atomic mass is 10.0. The average molecular weight is 233 g/mol. The van der Waals surface area contributed by atoms with Crippen molar-refractivity contribution in [3.05, 3.63) is 29.3 Å². The van der Waals surface area contributed by atoms with Gasteiger partial charge in [0.2, 0.25) is 0 Å². The first kappa shape index (κ1) is 12.8. The van der Waals surface area contributed by atoms with E-state index in [1.807, 2.05) is 13.8 Å². The molecular formula is C11H14F3NO. The summed E-state index contributed by atoms with van der Waals surface area (Å²) in [5.41, 5.74) is 6.82. The minimum atomic E-state index is -4.67. The summed E-state index contributed by atoms with van der Waals surface area (Å²) in [4.78, 5) is 0. The highest BCUT2D eigenvalue weighted by Gasteiger charge is 2.31. The van der Waals surface area contributed by atoms with Gasteiger partial charge < -0.3 is 10.5 Å². The van der Waals surface area contributed by atoms with Gasteiger partial charge in [-0.3, -0.25) is 0 Å². The first-order chi connectivity index (χ1) is 7.31. The second-order valence-electron chi connectivity index (χ2n) is 3.82. The molecule has 1 rings (SSSR count). The Hall–Kier alpha value is -1.23. The second-order valence-corrected chi connectivity index (χ2v) is 3.82. The van der Waals surface area contributed by atoms with E-state index in [2.05, 4.69) is 4.74 Å². The third kappa shape index (κ3) is 3.73. The van der Waals surface area contributed by atoms with Gasteiger partial charge in [-0.1, -0.05) is 19.9 Å². The first-order valence-corrected chi connectivity index (χ1v) is 4.91. The lowest BCUT2D eigenvalue weighted by Gasteiger charge is -2.13. The molecule has 16 heavy (non-hydrogen) atoms. The Balaban J connectivity index is 3.04. The summed E-state index contributed by atoms with van der Waals surface area (Å²) in [6, 6.07) is 4.48. The van der Waals surface area contributed by atoms with Crippen LogP contribution in [0.5, 0.6) is 5.75 Å². The van der Waals surface area contributed by atoms with Crippen LogP contribution in [0.1, 0.15) is 30.9 Å². The molecule has 0 aliphatic heterocycles. The molecule has 0 saturated heterocycles. The van der Waals surface area contributed by atoms with Gasteiger partial charge >= 0.3 is 6.36 Å². The molecule has 0 aliphatic carbocycles. The van der Waals surface area contributed by atoms with E-state index in [1.54, 1.807) is 6.07 Å². The van der Waals surface area contributed by atoms with Gasteiger partial charge in [0, 0.05) is 6.54 Å². The van der Waals surface area contributed by atoms with Crippen LogP contribution in [0.2, 0.25) is 0 Å². The number of benzene rings is 1. The molecule has 0 unspecified atom stereocenters. The lowest BCUT2D eigenvalue weighted by Crippen LogP contribution is -2.17. The van der Waals surface area contributed by atoms with Crippen molar-refractivity contribution in [1.82, 2.24) is 0 Å². The van der Waals surface area contributed by atoms with Crippen molar-refractivity contribution in [1.29, 1.82) is 0 Å². The zero-order chi connectivity index (χ0) is 12.3. The van der Waals surface area contributed by atoms with Crippen molar-refractivity contribution >= 4 is 0 Å². The molecule has 0 aliphatic rings. The second kappa shape index (κ2) is 4.74. The van der Waals surface area contributed by atoms with Crippen LogP contribution in [0.4, 0.5) is 13.2 Å². The average Bonchev–Trinajstić information content (AvgIpc) is 2.14. The van der Waals surface area contributed by atoms with Crippen LogP contribution < -0.4 is 10.5 Å². The minimum Gasteiger partial charge on any atom is -0.406 e. The molecule has 0 spiro atoms. The first-order valence-electron chi connectivity index (χ1n) is 4.91. The normalized spacial score (nSPS) is 11.9. The van der Waals surface area contributed by atoms with Gasteiger partial charge in [0.15, 0.2) is 0 Å². The molecular weight excluding hydrogens is 219 g/mol. The Kier molecular flexibility index (Phi) is 3.80. The van der Waals surface area contributed by atoms with Crippen molar-refractivity contribution < 1.29 is 17.9 Å². The largest absolute Gasteiger partial charge is 0.573 e. The van der Waals surface area contributed by atoms with Gasteiger partial charge in [-0.25, -0.2) is 0 Å². The van der Waals surface area contributed by atoms with Crippen LogP contribution in [0, 0.1) is 0 Å². The Morgan fingerprint density at radius 3 is 2.31 bits per heavy atom. The predicted molar refractivity (Wildman–Crippen MR) is 55.1 cm³/mol. The number of ether oxygens (including phenoxy) is 1. The van der Waals surface area contributed by atoms with Crippen molar-refractivity contribution in [3.8, 4) is 5.75 Å². The van der Waals surface area contributed by atoms with Crippen LogP contribution in [0.3, 0.4) is 0 Å². The molecule has 1 aromatic carbocycles. The fourth-order valence-electron chi connectivity index (χ4n) is 1.33. The van der Waals surface area contributed by atoms with Gasteiger partial charge in [-0.05, 0) is 29.2 Å². The third-order valence-corrected chi connectivity index (χ3v) is 2.12. The molecule has 0 aromatic heterocycles. The predicted octanol–water partition coefficient (Wildman–Crippen LogP) is 3.17. The molecule has 0 amide bonds. The van der Waals surface area contributed by atoms with Crippen LogP contribution in [0.15, 0.2) is 18.2 Å². The van der Waals surface area contributed by atoms with E-state index in [0.29, 0.717) is 5.56 Å². The molecule has 0 radical (unpaired) electrons. The van der Waals surface area contributed by atoms with Gasteiger partial charge in [0.05, 0.1) is 0 Å². The summed E-state index contributed by atoms with van der Waals surface area (Å²) >= 11 is 0. The highest BCUT2D eigenvalue weighted by molar-refractivity contribution is 5.36. The standard InChI is InChI=1S/C11H14F3NO/c1-7(2)9-3-8(6-15)4-10(5-9)16-11(12,13)14/h3-5,7H,6,15H2,1-2H3. The van der Waals surface area contributed by atoms with Crippen LogP contribution in [-0.4, -0.2) is 6.36 Å². The molecule has 0 heterocycles. The Morgan fingerprint density at radius 1 is 1.25 bits per heavy atom. The smallest absolute Gasteiger partial charge is 0.406 e. The lowest BCUT2D eigenvalue weighted by molar-refractivity contribution is -0.274. The van der Waals surface area contributed by atoms with E-state index < -0.39 is 6.36 Å². The van der Waals surface area contributed by atoms with Gasteiger partial charge in [0.1, 0.15) is 5.75 Å². The third-order valence-electron chi connectivity index (χ3n) is 2.12. The minimum absolute atomic E-state index is 0.127. The zero-order valence-corrected chi connectivity index (χ0v) is 9.14. The highest BCUT2D eigenvalue weighted by atomic mass is 19.4. The van der Waals surface area contributed by atoms with E-state index in [-0.39, 0.29) is 18.2 Å². The summed E-state index contributed by atoms with van der Waals surface area (Å²) in [5, 5.41) is 0. The quantitative estimate of drug-likeness (QED) is 0.870. The molecule has 0 atom stereocenters. The van der Waals surface area contributed by atoms with Gasteiger partial charge in [-0.15, -0.1) is 13.2 Å². The molecule has 5 heteroatoms. The molecule has 0 fully saturated rings. The van der Waals surface area contributed by atoms with E-state index in [9.17, 15) is 13.2 Å². The van der Waals surface area contributed by atoms with E-state index >= 15 is 0 Å². The maximum Gasteiger partial charge on any atom is 0.573 e. The molecule has 0 saturated carbocycles. The van der Waals surface area contributed by atoms with Gasteiger partial charge in [0.25, 0.3) is 0 Å². The van der Waals surface area contributed by atoms with E-state index in [4.69, 9.17) is 5.73 Å². The number of alkyl halides is 3. The molecule has 2 nitrogen and oxygen atoms in total. The maximum absolute atomic E-state index is 12.1. The van der Waals surface area contributed by atoms with Crippen molar-refractivity contribution in [3.63, 3.8) is 0 Å². The summed E-state index contributed by atoms with van der Waals surface area (Å²) in [6.07, 6.45) is -4.67. The topological polar surface area (TPSA) is 35.2 Å². The number of hydrogen-bond acceptors (Lipinski definition) is 2. The number of nitrogens with two attached hydrogens (primary N) is 1. The summed E-state index contributed by atoms with van der Waals surface area (Å²) in [5.74, 6) is -0.0822. The number of halogens is 3.